The van der Waals surface area contributed by atoms with E-state index in [9.17, 15) is 24.5 Å². The van der Waals surface area contributed by atoms with Crippen molar-refractivity contribution in [3.05, 3.63) is 51.2 Å². The van der Waals surface area contributed by atoms with Crippen LogP contribution in [0.2, 0.25) is 0 Å². The number of allylic oxidation sites excluding steroid dienone is 1. The number of imide groups is 1. The Bertz CT molecular complexity index is 849. The van der Waals surface area contributed by atoms with Gasteiger partial charge in [0.15, 0.2) is 0 Å². The summed E-state index contributed by atoms with van der Waals surface area (Å²) in [5.74, 6) is -3.27. The lowest BCUT2D eigenvalue weighted by molar-refractivity contribution is -0.385. The zero-order valence-electron chi connectivity index (χ0n) is 13.9. The molecule has 1 saturated heterocycles. The van der Waals surface area contributed by atoms with Crippen molar-refractivity contribution < 1.29 is 24.0 Å². The molecule has 26 heavy (non-hydrogen) atoms. The number of amides is 3. The number of carbonyl (C=O) groups is 3. The van der Waals surface area contributed by atoms with Gasteiger partial charge in [0.25, 0.3) is 5.69 Å². The number of hydrogen-bond acceptors (Lipinski definition) is 7. The summed E-state index contributed by atoms with van der Waals surface area (Å²) >= 11 is 0. The van der Waals surface area contributed by atoms with Crippen LogP contribution >= 0.6 is 0 Å². The van der Waals surface area contributed by atoms with Crippen LogP contribution in [0, 0.1) is 16.0 Å². The van der Waals surface area contributed by atoms with Gasteiger partial charge < -0.3 is 15.4 Å². The summed E-state index contributed by atoms with van der Waals surface area (Å²) in [7, 11) is 1.19. The highest BCUT2D eigenvalue weighted by molar-refractivity contribution is 6.01. The fourth-order valence-electron chi connectivity index (χ4n) is 3.46. The van der Waals surface area contributed by atoms with Crippen LogP contribution in [-0.2, 0) is 14.3 Å². The van der Waals surface area contributed by atoms with Gasteiger partial charge in [0.05, 0.1) is 23.5 Å². The van der Waals surface area contributed by atoms with E-state index in [1.54, 1.807) is 13.0 Å². The molecule has 2 heterocycles. The third kappa shape index (κ3) is 2.75. The van der Waals surface area contributed by atoms with Gasteiger partial charge in [-0.15, -0.1) is 0 Å². The summed E-state index contributed by atoms with van der Waals surface area (Å²) in [4.78, 5) is 47.4. The van der Waals surface area contributed by atoms with Gasteiger partial charge in [0.2, 0.25) is 5.91 Å². The molecular formula is C16H16N4O6. The van der Waals surface area contributed by atoms with E-state index in [4.69, 9.17) is 4.74 Å². The largest absolute Gasteiger partial charge is 0.466 e. The molecule has 0 aromatic heterocycles. The van der Waals surface area contributed by atoms with E-state index in [1.165, 1.54) is 25.3 Å². The van der Waals surface area contributed by atoms with Gasteiger partial charge in [-0.1, -0.05) is 18.2 Å². The highest BCUT2D eigenvalue weighted by Gasteiger charge is 2.49. The number of nitro benzene ring substituents is 1. The summed E-state index contributed by atoms with van der Waals surface area (Å²) in [6.45, 7) is 1.59. The molecule has 3 amide bonds. The summed E-state index contributed by atoms with van der Waals surface area (Å²) in [6.07, 6.45) is -0.811. The summed E-state index contributed by atoms with van der Waals surface area (Å²) in [5, 5.41) is 19.1. The Balaban J connectivity index is 2.24. The van der Waals surface area contributed by atoms with Gasteiger partial charge in [-0.2, -0.15) is 0 Å². The number of esters is 1. The van der Waals surface area contributed by atoms with E-state index in [0.717, 1.165) is 0 Å². The minimum atomic E-state index is -0.966. The Kier molecular flexibility index (Phi) is 4.33. The highest BCUT2D eigenvalue weighted by Crippen LogP contribution is 2.43. The van der Waals surface area contributed by atoms with Crippen molar-refractivity contribution in [3.8, 4) is 0 Å². The number of ether oxygens (including phenoxy) is 1. The number of fused-ring (bicyclic) bond motifs is 1. The second-order valence-electron chi connectivity index (χ2n) is 5.93. The fraction of sp³-hybridized carbons (Fsp3) is 0.312. The average molecular weight is 360 g/mol. The van der Waals surface area contributed by atoms with E-state index < -0.39 is 40.8 Å². The smallest absolute Gasteiger partial charge is 0.336 e. The van der Waals surface area contributed by atoms with E-state index in [2.05, 4.69) is 16.0 Å². The molecule has 136 valence electrons. The summed E-state index contributed by atoms with van der Waals surface area (Å²) in [6, 6.07) is 5.20. The number of hydrogen-bond donors (Lipinski definition) is 3. The van der Waals surface area contributed by atoms with Crippen molar-refractivity contribution >= 4 is 23.6 Å². The average Bonchev–Trinajstić information content (AvgIpc) is 2.59. The third-order valence-electron chi connectivity index (χ3n) is 4.51. The minimum Gasteiger partial charge on any atom is -0.466 e. The van der Waals surface area contributed by atoms with Gasteiger partial charge in [0, 0.05) is 23.2 Å². The van der Waals surface area contributed by atoms with Gasteiger partial charge in [-0.3, -0.25) is 20.2 Å². The molecule has 1 aromatic rings. The highest BCUT2D eigenvalue weighted by atomic mass is 16.6. The molecule has 2 aliphatic rings. The fourth-order valence-corrected chi connectivity index (χ4v) is 3.46. The second-order valence-corrected chi connectivity index (χ2v) is 5.93. The lowest BCUT2D eigenvalue weighted by atomic mass is 9.74. The molecule has 10 heteroatoms. The number of benzene rings is 1. The van der Waals surface area contributed by atoms with Crippen molar-refractivity contribution in [2.45, 2.75) is 19.0 Å². The van der Waals surface area contributed by atoms with Gasteiger partial charge >= 0.3 is 12.0 Å². The van der Waals surface area contributed by atoms with Crippen LogP contribution in [0.1, 0.15) is 18.4 Å². The van der Waals surface area contributed by atoms with E-state index in [0.29, 0.717) is 5.70 Å². The zero-order chi connectivity index (χ0) is 19.0. The van der Waals surface area contributed by atoms with Crippen molar-refractivity contribution in [1.82, 2.24) is 16.0 Å². The Morgan fingerprint density at radius 3 is 2.58 bits per heavy atom. The normalized spacial score (nSPS) is 24.8. The molecule has 0 spiro atoms. The topological polar surface area (TPSA) is 140 Å². The van der Waals surface area contributed by atoms with Crippen LogP contribution in [-0.4, -0.2) is 36.1 Å². The van der Waals surface area contributed by atoms with Crippen molar-refractivity contribution in [2.24, 2.45) is 5.92 Å². The Hall–Kier alpha value is -3.43. The number of nitro groups is 1. The second kappa shape index (κ2) is 6.47. The lowest BCUT2D eigenvalue weighted by Crippen LogP contribution is -2.66. The van der Waals surface area contributed by atoms with Crippen molar-refractivity contribution in [3.63, 3.8) is 0 Å². The third-order valence-corrected chi connectivity index (χ3v) is 4.51. The number of nitrogens with zero attached hydrogens (tertiary/aromatic N) is 1. The molecule has 2 aliphatic heterocycles. The van der Waals surface area contributed by atoms with Gasteiger partial charge in [0.1, 0.15) is 6.17 Å². The van der Waals surface area contributed by atoms with Crippen LogP contribution in [0.5, 0.6) is 0 Å². The lowest BCUT2D eigenvalue weighted by Gasteiger charge is -2.42. The van der Waals surface area contributed by atoms with E-state index in [1.807, 2.05) is 0 Å². The first kappa shape index (κ1) is 17.4. The van der Waals surface area contributed by atoms with Crippen LogP contribution in [0.15, 0.2) is 35.5 Å². The molecule has 3 rings (SSSR count). The number of rotatable bonds is 3. The Labute approximate surface area is 147 Å². The van der Waals surface area contributed by atoms with Crippen LogP contribution in [0.25, 0.3) is 0 Å². The number of urea groups is 1. The first-order valence-electron chi connectivity index (χ1n) is 7.75. The Morgan fingerprint density at radius 2 is 1.92 bits per heavy atom. The maximum Gasteiger partial charge on any atom is 0.336 e. The van der Waals surface area contributed by atoms with E-state index >= 15 is 0 Å². The van der Waals surface area contributed by atoms with Crippen LogP contribution < -0.4 is 16.0 Å². The van der Waals surface area contributed by atoms with Gasteiger partial charge in [-0.25, -0.2) is 9.59 Å². The van der Waals surface area contributed by atoms with E-state index in [-0.39, 0.29) is 16.8 Å². The summed E-state index contributed by atoms with van der Waals surface area (Å²) < 4.78 is 4.82. The number of nitrogens with one attached hydrogen (secondary N) is 3. The maximum absolute atomic E-state index is 12.5. The summed E-state index contributed by atoms with van der Waals surface area (Å²) in [5.41, 5.74) is 0.447. The van der Waals surface area contributed by atoms with Crippen LogP contribution in [0.3, 0.4) is 0 Å². The standard InChI is InChI=1S/C16H16N4O6/c1-7-10(15(22)26-2)11(8-5-3-4-6-9(8)20(24)25)12-13(17-7)18-16(23)19-14(12)21/h3-6,11-13,17H,1-2H3,(H2,18,19,21,23). The molecular weight excluding hydrogens is 344 g/mol. The molecule has 3 N–H and O–H groups in total. The quantitative estimate of drug-likeness (QED) is 0.405. The molecule has 10 nitrogen and oxygen atoms in total. The SMILES string of the molecule is COC(=O)C1=C(C)NC2NC(=O)NC(=O)C2C1c1ccccc1[N+](=O)[O-]. The molecule has 0 saturated carbocycles. The maximum atomic E-state index is 12.5. The van der Waals surface area contributed by atoms with Crippen molar-refractivity contribution in [1.29, 1.82) is 0 Å². The molecule has 3 atom stereocenters. The molecule has 1 fully saturated rings. The predicted octanol–water partition coefficient (Wildman–Crippen LogP) is 0.510. The number of carbonyl (C=O) groups excluding carboxylic acids is 3. The number of para-hydroxylation sites is 1. The first-order valence-corrected chi connectivity index (χ1v) is 7.75. The Morgan fingerprint density at radius 1 is 1.23 bits per heavy atom. The molecule has 0 radical (unpaired) electrons. The van der Waals surface area contributed by atoms with Gasteiger partial charge in [-0.05, 0) is 6.92 Å². The first-order chi connectivity index (χ1) is 12.3. The predicted molar refractivity (Wildman–Crippen MR) is 87.6 cm³/mol. The van der Waals surface area contributed by atoms with Crippen LogP contribution in [0.4, 0.5) is 10.5 Å². The molecule has 0 aliphatic carbocycles. The molecule has 0 bridgehead atoms. The number of methoxy groups -OCH3 is 1. The molecule has 3 unspecified atom stereocenters. The zero-order valence-corrected chi connectivity index (χ0v) is 13.9. The monoisotopic (exact) mass is 360 g/mol. The minimum absolute atomic E-state index is 0.106. The molecule has 1 aromatic carbocycles. The van der Waals surface area contributed by atoms with Crippen molar-refractivity contribution in [2.75, 3.05) is 7.11 Å².